The number of aromatic nitrogens is 2. The smallest absolute Gasteiger partial charge is 0.246 e. The Balaban J connectivity index is 1.65. The van der Waals surface area contributed by atoms with Crippen LogP contribution < -0.4 is 5.32 Å². The van der Waals surface area contributed by atoms with Gasteiger partial charge in [0.25, 0.3) is 0 Å². The molecule has 1 N–H and O–H groups in total. The summed E-state index contributed by atoms with van der Waals surface area (Å²) in [4.78, 5) is 32.0. The van der Waals surface area contributed by atoms with Crippen molar-refractivity contribution in [2.45, 2.75) is 46.6 Å². The van der Waals surface area contributed by atoms with Gasteiger partial charge in [0.15, 0.2) is 0 Å². The second-order valence-electron chi connectivity index (χ2n) is 9.00. The SMILES string of the molecule is Cc1ccc(-n2cc(-c3ccc(Cl)cc3)nc2NC(=O)CN(C(=O)C(C)C)C2CC2)cc1C. The zero-order valence-electron chi connectivity index (χ0n) is 19.4. The standard InChI is InChI=1S/C26H29ClN4O2/c1-16(2)25(33)30(21-11-12-21)15-24(32)29-26-28-23(19-6-8-20(27)9-7-19)14-31(26)22-10-5-17(3)18(4)13-22/h5-10,13-14,16,21H,11-12,15H2,1-4H3,(H,28,29,32). The quantitative estimate of drug-likeness (QED) is 0.509. The normalized spacial score (nSPS) is 13.3. The summed E-state index contributed by atoms with van der Waals surface area (Å²) < 4.78 is 1.88. The predicted molar refractivity (Wildman–Crippen MR) is 132 cm³/mol. The highest BCUT2D eigenvalue weighted by Crippen LogP contribution is 2.29. The van der Waals surface area contributed by atoms with Crippen LogP contribution in [0.3, 0.4) is 0 Å². The van der Waals surface area contributed by atoms with E-state index in [1.165, 1.54) is 5.56 Å². The van der Waals surface area contributed by atoms with E-state index in [0.29, 0.717) is 11.0 Å². The lowest BCUT2D eigenvalue weighted by Gasteiger charge is -2.23. The number of hydrogen-bond donors (Lipinski definition) is 1. The molecule has 0 unspecified atom stereocenters. The Hall–Kier alpha value is -3.12. The fraction of sp³-hybridized carbons (Fsp3) is 0.346. The number of nitrogens with zero attached hydrogens (tertiary/aromatic N) is 3. The van der Waals surface area contributed by atoms with Gasteiger partial charge in [-0.05, 0) is 62.1 Å². The maximum atomic E-state index is 13.0. The molecule has 4 rings (SSSR count). The molecule has 0 saturated heterocycles. The van der Waals surface area contributed by atoms with E-state index in [4.69, 9.17) is 16.6 Å². The molecule has 0 radical (unpaired) electrons. The summed E-state index contributed by atoms with van der Waals surface area (Å²) in [5, 5.41) is 3.59. The summed E-state index contributed by atoms with van der Waals surface area (Å²) in [6.45, 7) is 7.87. The second-order valence-corrected chi connectivity index (χ2v) is 9.43. The van der Waals surface area contributed by atoms with Crippen molar-refractivity contribution >= 4 is 29.4 Å². The summed E-state index contributed by atoms with van der Waals surface area (Å²) >= 11 is 6.04. The molecule has 0 atom stereocenters. The Bertz CT molecular complexity index is 1180. The molecule has 7 heteroatoms. The second kappa shape index (κ2) is 9.40. The van der Waals surface area contributed by atoms with E-state index < -0.39 is 0 Å². The van der Waals surface area contributed by atoms with Crippen LogP contribution in [0, 0.1) is 19.8 Å². The number of carbonyl (C=O) groups excluding carboxylic acids is 2. The largest absolute Gasteiger partial charge is 0.330 e. The Labute approximate surface area is 199 Å². The van der Waals surface area contributed by atoms with Gasteiger partial charge in [-0.1, -0.05) is 43.6 Å². The Morgan fingerprint density at radius 2 is 1.82 bits per heavy atom. The van der Waals surface area contributed by atoms with Crippen molar-refractivity contribution in [3.8, 4) is 16.9 Å². The fourth-order valence-corrected chi connectivity index (χ4v) is 3.85. The number of nitrogens with one attached hydrogen (secondary N) is 1. The minimum absolute atomic E-state index is 0.00649. The lowest BCUT2D eigenvalue weighted by Crippen LogP contribution is -2.41. The molecular formula is C26H29ClN4O2. The molecule has 33 heavy (non-hydrogen) atoms. The van der Waals surface area contributed by atoms with Crippen molar-refractivity contribution in [3.63, 3.8) is 0 Å². The molecule has 1 aliphatic carbocycles. The molecule has 0 bridgehead atoms. The molecule has 1 heterocycles. The molecule has 172 valence electrons. The zero-order chi connectivity index (χ0) is 23.7. The van der Waals surface area contributed by atoms with E-state index in [-0.39, 0.29) is 30.3 Å². The van der Waals surface area contributed by atoms with Crippen molar-refractivity contribution in [2.75, 3.05) is 11.9 Å². The average Bonchev–Trinajstić information content (AvgIpc) is 3.54. The molecule has 2 amide bonds. The lowest BCUT2D eigenvalue weighted by molar-refractivity contribution is -0.138. The van der Waals surface area contributed by atoms with Gasteiger partial charge in [-0.15, -0.1) is 0 Å². The van der Waals surface area contributed by atoms with E-state index in [1.807, 2.05) is 61.0 Å². The van der Waals surface area contributed by atoms with Crippen LogP contribution in [0.2, 0.25) is 5.02 Å². The third-order valence-electron chi connectivity index (χ3n) is 5.94. The molecule has 1 aromatic heterocycles. The molecule has 3 aromatic rings. The maximum absolute atomic E-state index is 13.0. The highest BCUT2D eigenvalue weighted by atomic mass is 35.5. The zero-order valence-corrected chi connectivity index (χ0v) is 20.2. The number of carbonyl (C=O) groups is 2. The molecular weight excluding hydrogens is 436 g/mol. The molecule has 1 saturated carbocycles. The van der Waals surface area contributed by atoms with Crippen LogP contribution in [-0.4, -0.2) is 38.9 Å². The van der Waals surface area contributed by atoms with E-state index in [2.05, 4.69) is 25.2 Å². The Morgan fingerprint density at radius 1 is 1.12 bits per heavy atom. The van der Waals surface area contributed by atoms with Crippen molar-refractivity contribution in [1.29, 1.82) is 0 Å². The third kappa shape index (κ3) is 5.28. The summed E-state index contributed by atoms with van der Waals surface area (Å²) in [7, 11) is 0. The number of amides is 2. The van der Waals surface area contributed by atoms with Crippen molar-refractivity contribution < 1.29 is 9.59 Å². The number of rotatable bonds is 7. The highest BCUT2D eigenvalue weighted by molar-refractivity contribution is 6.30. The summed E-state index contributed by atoms with van der Waals surface area (Å²) in [5.41, 5.74) is 4.85. The van der Waals surface area contributed by atoms with Crippen LogP contribution in [0.15, 0.2) is 48.7 Å². The summed E-state index contributed by atoms with van der Waals surface area (Å²) in [6.07, 6.45) is 3.80. The number of imidazole rings is 1. The summed E-state index contributed by atoms with van der Waals surface area (Å²) in [6, 6.07) is 13.7. The Kier molecular flexibility index (Phi) is 6.56. The van der Waals surface area contributed by atoms with Crippen LogP contribution in [0.1, 0.15) is 37.8 Å². The van der Waals surface area contributed by atoms with Crippen LogP contribution in [-0.2, 0) is 9.59 Å². The maximum Gasteiger partial charge on any atom is 0.246 e. The average molecular weight is 465 g/mol. The molecule has 2 aromatic carbocycles. The van der Waals surface area contributed by atoms with Gasteiger partial charge in [-0.2, -0.15) is 0 Å². The van der Waals surface area contributed by atoms with Crippen molar-refractivity contribution in [1.82, 2.24) is 14.5 Å². The van der Waals surface area contributed by atoms with Crippen molar-refractivity contribution in [2.24, 2.45) is 5.92 Å². The van der Waals surface area contributed by atoms with Crippen LogP contribution in [0.4, 0.5) is 5.95 Å². The first-order valence-corrected chi connectivity index (χ1v) is 11.6. The molecule has 1 aliphatic rings. The lowest BCUT2D eigenvalue weighted by atomic mass is 10.1. The first-order chi connectivity index (χ1) is 15.7. The molecule has 0 spiro atoms. The van der Waals surface area contributed by atoms with E-state index in [0.717, 1.165) is 35.3 Å². The van der Waals surface area contributed by atoms with Crippen LogP contribution in [0.5, 0.6) is 0 Å². The van der Waals surface area contributed by atoms with Gasteiger partial charge >= 0.3 is 0 Å². The van der Waals surface area contributed by atoms with E-state index in [1.54, 1.807) is 4.90 Å². The van der Waals surface area contributed by atoms with Gasteiger partial charge in [0.05, 0.1) is 5.69 Å². The number of aryl methyl sites for hydroxylation is 2. The molecule has 0 aliphatic heterocycles. The third-order valence-corrected chi connectivity index (χ3v) is 6.20. The van der Waals surface area contributed by atoms with Gasteiger partial charge in [0, 0.05) is 34.4 Å². The van der Waals surface area contributed by atoms with Gasteiger partial charge in [0.2, 0.25) is 17.8 Å². The molecule has 6 nitrogen and oxygen atoms in total. The monoisotopic (exact) mass is 464 g/mol. The minimum atomic E-state index is -0.255. The topological polar surface area (TPSA) is 67.2 Å². The van der Waals surface area contributed by atoms with E-state index in [9.17, 15) is 9.59 Å². The van der Waals surface area contributed by atoms with Gasteiger partial charge < -0.3 is 4.90 Å². The van der Waals surface area contributed by atoms with E-state index >= 15 is 0 Å². The first-order valence-electron chi connectivity index (χ1n) is 11.3. The predicted octanol–water partition coefficient (Wildman–Crippen LogP) is 5.40. The molecule has 1 fully saturated rings. The van der Waals surface area contributed by atoms with Crippen LogP contribution >= 0.6 is 11.6 Å². The van der Waals surface area contributed by atoms with Gasteiger partial charge in [-0.3, -0.25) is 19.5 Å². The van der Waals surface area contributed by atoms with Gasteiger partial charge in [0.1, 0.15) is 6.54 Å². The number of hydrogen-bond acceptors (Lipinski definition) is 3. The van der Waals surface area contributed by atoms with Gasteiger partial charge in [-0.25, -0.2) is 4.98 Å². The number of benzene rings is 2. The highest BCUT2D eigenvalue weighted by Gasteiger charge is 2.34. The first kappa shape index (κ1) is 23.1. The number of anilines is 1. The van der Waals surface area contributed by atoms with Crippen molar-refractivity contribution in [3.05, 3.63) is 64.8 Å². The summed E-state index contributed by atoms with van der Waals surface area (Å²) in [5.74, 6) is 0.0228. The minimum Gasteiger partial charge on any atom is -0.330 e. The van der Waals surface area contributed by atoms with Crippen LogP contribution in [0.25, 0.3) is 16.9 Å². The fourth-order valence-electron chi connectivity index (χ4n) is 3.72. The Morgan fingerprint density at radius 3 is 2.42 bits per heavy atom. The number of halogens is 1.